The third kappa shape index (κ3) is 2.02. The van der Waals surface area contributed by atoms with Crippen LogP contribution in [0.15, 0.2) is 42.9 Å². The molecule has 0 fully saturated rings. The van der Waals surface area contributed by atoms with Crippen molar-refractivity contribution >= 4 is 44.0 Å². The molecular weight excluding hydrogens is 292 g/mol. The molecule has 0 aliphatic rings. The molecule has 0 saturated heterocycles. The molecule has 0 saturated carbocycles. The average molecular weight is 306 g/mol. The molecule has 0 spiro atoms. The highest BCUT2D eigenvalue weighted by Gasteiger charge is 2.13. The summed E-state index contributed by atoms with van der Waals surface area (Å²) in [5, 5.41) is 5.64. The van der Waals surface area contributed by atoms with E-state index >= 15 is 0 Å². The molecule has 0 aliphatic carbocycles. The average Bonchev–Trinajstić information content (AvgIpc) is 2.83. The molecule has 0 unspecified atom stereocenters. The van der Waals surface area contributed by atoms with Crippen molar-refractivity contribution in [2.75, 3.05) is 5.32 Å². The zero-order valence-corrected chi connectivity index (χ0v) is 13.1. The Morgan fingerprint density at radius 1 is 1.00 bits per heavy atom. The quantitative estimate of drug-likeness (QED) is 0.588. The maximum Gasteiger partial charge on any atom is 0.142 e. The Hall–Kier alpha value is -2.53. The Morgan fingerprint density at radius 2 is 1.86 bits per heavy atom. The molecule has 5 heteroatoms. The fourth-order valence-electron chi connectivity index (χ4n) is 2.61. The second-order valence-corrected chi connectivity index (χ2v) is 6.39. The molecule has 4 rings (SSSR count). The number of aryl methyl sites for hydroxylation is 2. The van der Waals surface area contributed by atoms with Gasteiger partial charge in [-0.05, 0) is 31.5 Å². The van der Waals surface area contributed by atoms with E-state index in [4.69, 9.17) is 0 Å². The van der Waals surface area contributed by atoms with Crippen molar-refractivity contribution in [2.45, 2.75) is 13.8 Å². The van der Waals surface area contributed by atoms with Gasteiger partial charge < -0.3 is 5.32 Å². The number of pyridine rings is 1. The SMILES string of the molecule is Cc1sc2ncnc(Nc3cccc4cccnc34)c2c1C. The van der Waals surface area contributed by atoms with E-state index in [1.165, 1.54) is 10.4 Å². The van der Waals surface area contributed by atoms with Gasteiger partial charge in [0.25, 0.3) is 0 Å². The minimum Gasteiger partial charge on any atom is -0.338 e. The summed E-state index contributed by atoms with van der Waals surface area (Å²) in [6.45, 7) is 4.23. The molecule has 22 heavy (non-hydrogen) atoms. The van der Waals surface area contributed by atoms with E-state index in [1.54, 1.807) is 17.7 Å². The molecule has 4 aromatic rings. The van der Waals surface area contributed by atoms with Gasteiger partial charge in [-0.15, -0.1) is 11.3 Å². The predicted octanol–water partition coefficient (Wildman–Crippen LogP) is 4.60. The van der Waals surface area contributed by atoms with Crippen LogP contribution >= 0.6 is 11.3 Å². The molecule has 0 atom stereocenters. The van der Waals surface area contributed by atoms with Crippen LogP contribution in [-0.4, -0.2) is 15.0 Å². The second kappa shape index (κ2) is 5.03. The van der Waals surface area contributed by atoms with Crippen LogP contribution in [0.3, 0.4) is 0 Å². The number of aromatic nitrogens is 3. The van der Waals surface area contributed by atoms with Gasteiger partial charge in [0.1, 0.15) is 17.0 Å². The Bertz CT molecular complexity index is 985. The molecule has 3 aromatic heterocycles. The first kappa shape index (κ1) is 13.2. The van der Waals surface area contributed by atoms with Crippen molar-refractivity contribution in [1.82, 2.24) is 15.0 Å². The third-order valence-corrected chi connectivity index (χ3v) is 4.97. The van der Waals surface area contributed by atoms with Crippen molar-refractivity contribution in [3.05, 3.63) is 53.3 Å². The van der Waals surface area contributed by atoms with Crippen molar-refractivity contribution in [1.29, 1.82) is 0 Å². The summed E-state index contributed by atoms with van der Waals surface area (Å²) in [6.07, 6.45) is 3.42. The van der Waals surface area contributed by atoms with E-state index in [0.717, 1.165) is 32.6 Å². The molecule has 0 bridgehead atoms. The van der Waals surface area contributed by atoms with Gasteiger partial charge in [-0.25, -0.2) is 9.97 Å². The smallest absolute Gasteiger partial charge is 0.142 e. The lowest BCUT2D eigenvalue weighted by atomic mass is 10.1. The summed E-state index contributed by atoms with van der Waals surface area (Å²) in [5.41, 5.74) is 3.14. The summed E-state index contributed by atoms with van der Waals surface area (Å²) in [6, 6.07) is 10.1. The zero-order valence-electron chi connectivity index (χ0n) is 12.3. The van der Waals surface area contributed by atoms with E-state index in [0.29, 0.717) is 0 Å². The zero-order chi connectivity index (χ0) is 15.1. The van der Waals surface area contributed by atoms with Crippen LogP contribution in [0.2, 0.25) is 0 Å². The minimum atomic E-state index is 0.838. The molecule has 0 amide bonds. The van der Waals surface area contributed by atoms with E-state index in [-0.39, 0.29) is 0 Å². The van der Waals surface area contributed by atoms with Crippen molar-refractivity contribution in [2.24, 2.45) is 0 Å². The van der Waals surface area contributed by atoms with Gasteiger partial charge in [0.2, 0.25) is 0 Å². The number of nitrogens with zero attached hydrogens (tertiary/aromatic N) is 3. The normalized spacial score (nSPS) is 11.2. The van der Waals surface area contributed by atoms with Gasteiger partial charge in [-0.1, -0.05) is 18.2 Å². The van der Waals surface area contributed by atoms with Crippen LogP contribution in [0, 0.1) is 13.8 Å². The first-order chi connectivity index (χ1) is 10.7. The van der Waals surface area contributed by atoms with E-state index in [2.05, 4.69) is 46.2 Å². The monoisotopic (exact) mass is 306 g/mol. The molecule has 1 aromatic carbocycles. The number of thiophene rings is 1. The minimum absolute atomic E-state index is 0.838. The van der Waals surface area contributed by atoms with Crippen molar-refractivity contribution in [3.63, 3.8) is 0 Å². The number of nitrogens with one attached hydrogen (secondary N) is 1. The Labute approximate surface area is 131 Å². The second-order valence-electron chi connectivity index (χ2n) is 5.19. The summed E-state index contributed by atoms with van der Waals surface area (Å²) in [7, 11) is 0. The highest BCUT2D eigenvalue weighted by molar-refractivity contribution is 7.18. The number of rotatable bonds is 2. The number of para-hydroxylation sites is 1. The Kier molecular flexibility index (Phi) is 3.01. The highest BCUT2D eigenvalue weighted by Crippen LogP contribution is 2.34. The van der Waals surface area contributed by atoms with Crippen LogP contribution in [0.1, 0.15) is 10.4 Å². The van der Waals surface area contributed by atoms with Crippen LogP contribution < -0.4 is 5.32 Å². The molecule has 0 radical (unpaired) electrons. The van der Waals surface area contributed by atoms with Gasteiger partial charge >= 0.3 is 0 Å². The van der Waals surface area contributed by atoms with Crippen molar-refractivity contribution in [3.8, 4) is 0 Å². The maximum absolute atomic E-state index is 4.48. The summed E-state index contributed by atoms with van der Waals surface area (Å²) >= 11 is 1.70. The lowest BCUT2D eigenvalue weighted by Crippen LogP contribution is -1.97. The van der Waals surface area contributed by atoms with E-state index in [1.807, 2.05) is 24.4 Å². The lowest BCUT2D eigenvalue weighted by Gasteiger charge is -2.09. The molecular formula is C17H14N4S. The van der Waals surface area contributed by atoms with Crippen molar-refractivity contribution < 1.29 is 0 Å². The van der Waals surface area contributed by atoms with Gasteiger partial charge in [0.15, 0.2) is 0 Å². The summed E-state index contributed by atoms with van der Waals surface area (Å²) in [5.74, 6) is 0.838. The van der Waals surface area contributed by atoms with Gasteiger partial charge in [-0.3, -0.25) is 4.98 Å². The number of benzene rings is 1. The van der Waals surface area contributed by atoms with Crippen LogP contribution in [0.4, 0.5) is 11.5 Å². The fourth-order valence-corrected chi connectivity index (χ4v) is 3.61. The Balaban J connectivity index is 1.90. The first-order valence-electron chi connectivity index (χ1n) is 7.05. The van der Waals surface area contributed by atoms with E-state index in [9.17, 15) is 0 Å². The van der Waals surface area contributed by atoms with Crippen LogP contribution in [0.5, 0.6) is 0 Å². The predicted molar refractivity (Wildman–Crippen MR) is 91.9 cm³/mol. The number of hydrogen-bond donors (Lipinski definition) is 1. The fraction of sp³-hybridized carbons (Fsp3) is 0.118. The molecule has 4 nitrogen and oxygen atoms in total. The van der Waals surface area contributed by atoms with Crippen LogP contribution in [-0.2, 0) is 0 Å². The largest absolute Gasteiger partial charge is 0.338 e. The molecule has 0 aliphatic heterocycles. The lowest BCUT2D eigenvalue weighted by molar-refractivity contribution is 1.22. The third-order valence-electron chi connectivity index (χ3n) is 3.85. The van der Waals surface area contributed by atoms with Gasteiger partial charge in [0, 0.05) is 16.5 Å². The maximum atomic E-state index is 4.48. The Morgan fingerprint density at radius 3 is 2.77 bits per heavy atom. The standard InChI is InChI=1S/C17H14N4S/c1-10-11(2)22-17-14(10)16(19-9-20-17)21-13-7-3-5-12-6-4-8-18-15(12)13/h3-9H,1-2H3,(H,19,20,21). The number of hydrogen-bond acceptors (Lipinski definition) is 5. The molecule has 3 heterocycles. The first-order valence-corrected chi connectivity index (χ1v) is 7.87. The summed E-state index contributed by atoms with van der Waals surface area (Å²) < 4.78 is 0. The number of fused-ring (bicyclic) bond motifs is 2. The van der Waals surface area contributed by atoms with Gasteiger partial charge in [0.05, 0.1) is 16.6 Å². The van der Waals surface area contributed by atoms with Crippen LogP contribution in [0.25, 0.3) is 21.1 Å². The molecule has 108 valence electrons. The van der Waals surface area contributed by atoms with Gasteiger partial charge in [-0.2, -0.15) is 0 Å². The molecule has 1 N–H and O–H groups in total. The number of anilines is 2. The summed E-state index contributed by atoms with van der Waals surface area (Å²) in [4.78, 5) is 15.6. The highest BCUT2D eigenvalue weighted by atomic mass is 32.1. The van der Waals surface area contributed by atoms with E-state index < -0.39 is 0 Å². The topological polar surface area (TPSA) is 50.7 Å².